The van der Waals surface area contributed by atoms with E-state index in [2.05, 4.69) is 30.0 Å². The lowest BCUT2D eigenvalue weighted by molar-refractivity contribution is 0.804. The lowest BCUT2D eigenvalue weighted by Crippen LogP contribution is -1.97. The van der Waals surface area contributed by atoms with E-state index in [0.717, 1.165) is 0 Å². The van der Waals surface area contributed by atoms with Crippen molar-refractivity contribution in [1.29, 1.82) is 0 Å². The Hall–Kier alpha value is 0.430. The molecule has 0 aliphatic rings. The van der Waals surface area contributed by atoms with Crippen LogP contribution < -0.4 is 0 Å². The first kappa shape index (κ1) is 5.43. The minimum absolute atomic E-state index is 0. The predicted octanol–water partition coefficient (Wildman–Crippen LogP) is 2.69. The van der Waals surface area contributed by atoms with Crippen molar-refractivity contribution in [2.24, 2.45) is 0 Å². The second kappa shape index (κ2) is 1.26. The standard InChI is InChI=1S/C4H9P.2H2/c1-4(2,3)5;;/h1-3H3;2*1H. The van der Waals surface area contributed by atoms with Crippen molar-refractivity contribution in [3.05, 3.63) is 0 Å². The Morgan fingerprint density at radius 1 is 1.40 bits per heavy atom. The number of hydrogen-bond donors (Lipinski definition) is 0. The Labute approximate surface area is 39.1 Å². The van der Waals surface area contributed by atoms with E-state index in [0.29, 0.717) is 0 Å². The summed E-state index contributed by atoms with van der Waals surface area (Å²) in [5, 5.41) is 0.194. The SMILES string of the molecule is CC(C)(C)[P].[HH].[HH]. The summed E-state index contributed by atoms with van der Waals surface area (Å²) in [6, 6.07) is 0. The van der Waals surface area contributed by atoms with Gasteiger partial charge in [-0.05, 0) is 14.4 Å². The van der Waals surface area contributed by atoms with Gasteiger partial charge in [0.05, 0.1) is 0 Å². The molecule has 5 heavy (non-hydrogen) atoms. The highest BCUT2D eigenvalue weighted by atomic mass is 31.0. The van der Waals surface area contributed by atoms with Crippen LogP contribution in [-0.4, -0.2) is 5.16 Å². The third-order valence-corrected chi connectivity index (χ3v) is 0. The second-order valence-corrected chi connectivity index (χ2v) is 3.51. The van der Waals surface area contributed by atoms with E-state index >= 15 is 0 Å². The molecule has 2 radical (unpaired) electrons. The molecule has 0 spiro atoms. The summed E-state index contributed by atoms with van der Waals surface area (Å²) >= 11 is 0. The first-order chi connectivity index (χ1) is 2.00. The van der Waals surface area contributed by atoms with Crippen molar-refractivity contribution in [2.75, 3.05) is 0 Å². The lowest BCUT2D eigenvalue weighted by Gasteiger charge is -2.03. The highest BCUT2D eigenvalue weighted by Crippen LogP contribution is 2.12. The van der Waals surface area contributed by atoms with Crippen molar-refractivity contribution in [3.8, 4) is 0 Å². The van der Waals surface area contributed by atoms with E-state index in [1.165, 1.54) is 0 Å². The third kappa shape index (κ3) is 141. The Bertz CT molecular complexity index is 25.2. The van der Waals surface area contributed by atoms with Crippen LogP contribution in [0, 0.1) is 0 Å². The van der Waals surface area contributed by atoms with E-state index in [1.54, 1.807) is 0 Å². The molecule has 0 rings (SSSR count). The van der Waals surface area contributed by atoms with Gasteiger partial charge < -0.3 is 0 Å². The summed E-state index contributed by atoms with van der Waals surface area (Å²) in [4.78, 5) is 0. The van der Waals surface area contributed by atoms with E-state index in [4.69, 9.17) is 0 Å². The van der Waals surface area contributed by atoms with E-state index in [-0.39, 0.29) is 8.01 Å². The van der Waals surface area contributed by atoms with Crippen LogP contribution in [0.3, 0.4) is 0 Å². The normalized spacial score (nSPS) is 12.0. The number of rotatable bonds is 0. The van der Waals surface area contributed by atoms with Gasteiger partial charge in [-0.3, -0.25) is 0 Å². The molecule has 0 aromatic carbocycles. The maximum atomic E-state index is 4.12. The summed E-state index contributed by atoms with van der Waals surface area (Å²) in [6.07, 6.45) is 0. The second-order valence-electron chi connectivity index (χ2n) is 2.17. The molecule has 0 amide bonds. The minimum Gasteiger partial charge on any atom is -0.0555 e. The Balaban J connectivity index is -0.0000000800. The molecule has 0 nitrogen and oxygen atoms in total. The summed E-state index contributed by atoms with van der Waals surface area (Å²) in [6.45, 7) is 6.16. The Morgan fingerprint density at radius 2 is 1.40 bits per heavy atom. The fourth-order valence-electron chi connectivity index (χ4n) is 0. The molecule has 0 saturated heterocycles. The Morgan fingerprint density at radius 3 is 1.40 bits per heavy atom. The van der Waals surface area contributed by atoms with Crippen LogP contribution in [0.4, 0.5) is 0 Å². The average Bonchev–Trinajstić information content (AvgIpc) is 0.722. The van der Waals surface area contributed by atoms with Crippen molar-refractivity contribution in [3.63, 3.8) is 0 Å². The van der Waals surface area contributed by atoms with Crippen LogP contribution in [0.1, 0.15) is 23.6 Å². The molecule has 0 aromatic rings. The molecule has 0 aromatic heterocycles. The van der Waals surface area contributed by atoms with E-state index in [9.17, 15) is 0 Å². The molecule has 0 bridgehead atoms. The molecule has 0 aliphatic carbocycles. The van der Waals surface area contributed by atoms with Gasteiger partial charge in [0.25, 0.3) is 0 Å². The predicted molar refractivity (Wildman–Crippen MR) is 30.9 cm³/mol. The van der Waals surface area contributed by atoms with Crippen molar-refractivity contribution in [2.45, 2.75) is 25.9 Å². The fourth-order valence-corrected chi connectivity index (χ4v) is 0. The smallest absolute Gasteiger partial charge is 0 e. The number of hydrogen-bond acceptors (Lipinski definition) is 0. The van der Waals surface area contributed by atoms with Gasteiger partial charge in [-0.1, -0.05) is 20.8 Å². The molecule has 0 aliphatic heterocycles. The highest BCUT2D eigenvalue weighted by molar-refractivity contribution is 7.18. The van der Waals surface area contributed by atoms with Gasteiger partial charge in [0.2, 0.25) is 0 Å². The molecule has 1 heteroatoms. The molecule has 0 unspecified atom stereocenters. The minimum atomic E-state index is 0. The van der Waals surface area contributed by atoms with Crippen LogP contribution in [0.25, 0.3) is 0 Å². The Kier molecular flexibility index (Phi) is 1.37. The molecule has 34 valence electrons. The van der Waals surface area contributed by atoms with Crippen LogP contribution in [-0.2, 0) is 0 Å². The molecular weight excluding hydrogens is 79.0 g/mol. The molecule has 0 atom stereocenters. The van der Waals surface area contributed by atoms with Crippen molar-refractivity contribution >= 4 is 9.24 Å². The highest BCUT2D eigenvalue weighted by Gasteiger charge is 1.97. The molecule has 0 saturated carbocycles. The van der Waals surface area contributed by atoms with Gasteiger partial charge >= 0.3 is 0 Å². The maximum absolute atomic E-state index is 4.12. The van der Waals surface area contributed by atoms with Gasteiger partial charge in [-0.2, -0.15) is 0 Å². The summed E-state index contributed by atoms with van der Waals surface area (Å²) in [7, 11) is 4.12. The fraction of sp³-hybridized carbons (Fsp3) is 1.00. The van der Waals surface area contributed by atoms with E-state index < -0.39 is 0 Å². The zero-order valence-electron chi connectivity index (χ0n) is 3.95. The molecule has 0 N–H and O–H groups in total. The molecular formula is C4H13P. The topological polar surface area (TPSA) is 0 Å². The summed E-state index contributed by atoms with van der Waals surface area (Å²) < 4.78 is 0. The summed E-state index contributed by atoms with van der Waals surface area (Å²) in [5.74, 6) is 0. The van der Waals surface area contributed by atoms with Gasteiger partial charge in [-0.25, -0.2) is 0 Å². The van der Waals surface area contributed by atoms with Gasteiger partial charge in [0.1, 0.15) is 0 Å². The third-order valence-electron chi connectivity index (χ3n) is 0. The quantitative estimate of drug-likeness (QED) is 0.403. The monoisotopic (exact) mass is 92.1 g/mol. The van der Waals surface area contributed by atoms with Crippen molar-refractivity contribution in [1.82, 2.24) is 0 Å². The van der Waals surface area contributed by atoms with Gasteiger partial charge in [0, 0.05) is 2.85 Å². The zero-order valence-corrected chi connectivity index (χ0v) is 4.84. The van der Waals surface area contributed by atoms with Gasteiger partial charge in [-0.15, -0.1) is 0 Å². The van der Waals surface area contributed by atoms with Crippen LogP contribution in [0.2, 0.25) is 0 Å². The van der Waals surface area contributed by atoms with Crippen LogP contribution in [0.5, 0.6) is 0 Å². The molecule has 0 heterocycles. The largest absolute Gasteiger partial charge is 0.0555 e. The maximum Gasteiger partial charge on any atom is 0 e. The van der Waals surface area contributed by atoms with Gasteiger partial charge in [0.15, 0.2) is 0 Å². The first-order valence-electron chi connectivity index (χ1n) is 1.72. The van der Waals surface area contributed by atoms with E-state index in [1.807, 2.05) is 0 Å². The average molecular weight is 92.1 g/mol. The lowest BCUT2D eigenvalue weighted by atomic mass is 10.3. The first-order valence-corrected chi connectivity index (χ1v) is 2.17. The van der Waals surface area contributed by atoms with Crippen molar-refractivity contribution < 1.29 is 2.85 Å². The zero-order chi connectivity index (χ0) is 4.50. The van der Waals surface area contributed by atoms with Crippen LogP contribution >= 0.6 is 9.24 Å². The van der Waals surface area contributed by atoms with Crippen LogP contribution in [0.15, 0.2) is 0 Å². The molecule has 0 fully saturated rings. The summed E-state index contributed by atoms with van der Waals surface area (Å²) in [5.41, 5.74) is 0.